The van der Waals surface area contributed by atoms with Crippen LogP contribution in [0.25, 0.3) is 0 Å². The van der Waals surface area contributed by atoms with Crippen LogP contribution >= 0.6 is 0 Å². The lowest BCUT2D eigenvalue weighted by Crippen LogP contribution is -2.46. The van der Waals surface area contributed by atoms with Crippen molar-refractivity contribution in [3.8, 4) is 5.75 Å². The molecule has 0 radical (unpaired) electrons. The minimum Gasteiger partial charge on any atom is -0.473 e. The van der Waals surface area contributed by atoms with Gasteiger partial charge in [0, 0.05) is 18.9 Å². The van der Waals surface area contributed by atoms with Crippen molar-refractivity contribution in [2.75, 3.05) is 6.54 Å². The average molecular weight is 388 g/mol. The highest BCUT2D eigenvalue weighted by molar-refractivity contribution is 6.05. The van der Waals surface area contributed by atoms with Crippen molar-refractivity contribution in [3.05, 3.63) is 33.9 Å². The lowest BCUT2D eigenvalue weighted by Gasteiger charge is -2.26. The predicted molar refractivity (Wildman–Crippen MR) is 83.8 cm³/mol. The van der Waals surface area contributed by atoms with E-state index in [1.807, 2.05) is 0 Å². The van der Waals surface area contributed by atoms with Crippen LogP contribution in [0.2, 0.25) is 0 Å². The van der Waals surface area contributed by atoms with Crippen molar-refractivity contribution in [3.63, 3.8) is 0 Å². The zero-order valence-corrected chi connectivity index (χ0v) is 14.3. The largest absolute Gasteiger partial charge is 0.473 e. The summed E-state index contributed by atoms with van der Waals surface area (Å²) in [6, 6.07) is 1.65. The van der Waals surface area contributed by atoms with E-state index in [0.717, 1.165) is 11.0 Å². The SMILES string of the molecule is CC(C)(Oc1ccc(C(F)(F)F)cc1[N+](=O)[O-])C(=O)CN1C(=O)CCC1=O. The summed E-state index contributed by atoms with van der Waals surface area (Å²) in [7, 11) is 0. The highest BCUT2D eigenvalue weighted by Gasteiger charge is 2.39. The molecule has 0 saturated carbocycles. The molecule has 2 rings (SSSR count). The zero-order valence-electron chi connectivity index (χ0n) is 14.3. The zero-order chi connectivity index (χ0) is 20.6. The number of nitro groups is 1. The monoisotopic (exact) mass is 388 g/mol. The first-order valence-electron chi connectivity index (χ1n) is 7.74. The van der Waals surface area contributed by atoms with E-state index in [2.05, 4.69) is 0 Å². The Morgan fingerprint density at radius 2 is 1.78 bits per heavy atom. The minimum absolute atomic E-state index is 0.0161. The Kier molecular flexibility index (Phi) is 5.25. The lowest BCUT2D eigenvalue weighted by atomic mass is 10.0. The van der Waals surface area contributed by atoms with Gasteiger partial charge in [-0.3, -0.25) is 29.4 Å². The smallest absolute Gasteiger partial charge is 0.416 e. The fraction of sp³-hybridized carbons (Fsp3) is 0.438. The molecule has 1 heterocycles. The molecule has 8 nitrogen and oxygen atoms in total. The van der Waals surface area contributed by atoms with Gasteiger partial charge in [0.2, 0.25) is 11.8 Å². The molecule has 27 heavy (non-hydrogen) atoms. The number of ketones is 1. The molecule has 1 aromatic rings. The van der Waals surface area contributed by atoms with Crippen molar-refractivity contribution in [2.24, 2.45) is 0 Å². The fourth-order valence-electron chi connectivity index (χ4n) is 2.39. The number of amides is 2. The van der Waals surface area contributed by atoms with Crippen LogP contribution in [-0.2, 0) is 20.6 Å². The topological polar surface area (TPSA) is 107 Å². The number of hydrogen-bond acceptors (Lipinski definition) is 6. The molecule has 2 amide bonds. The number of hydrogen-bond donors (Lipinski definition) is 0. The first-order chi connectivity index (χ1) is 12.3. The number of nitrogens with zero attached hydrogens (tertiary/aromatic N) is 2. The molecule has 0 aliphatic carbocycles. The van der Waals surface area contributed by atoms with Crippen molar-refractivity contribution < 1.29 is 37.2 Å². The quantitative estimate of drug-likeness (QED) is 0.421. The number of alkyl halides is 3. The van der Waals surface area contributed by atoms with Gasteiger partial charge >= 0.3 is 11.9 Å². The second-order valence-corrected chi connectivity index (χ2v) is 6.35. The summed E-state index contributed by atoms with van der Waals surface area (Å²) in [6.07, 6.45) is -4.82. The molecule has 0 N–H and O–H groups in total. The van der Waals surface area contributed by atoms with Gasteiger partial charge in [-0.25, -0.2) is 0 Å². The maximum Gasteiger partial charge on any atom is 0.416 e. The lowest BCUT2D eigenvalue weighted by molar-refractivity contribution is -0.386. The minimum atomic E-state index is -4.79. The number of nitro benzene ring substituents is 1. The van der Waals surface area contributed by atoms with E-state index in [9.17, 15) is 37.7 Å². The average Bonchev–Trinajstić information content (AvgIpc) is 2.85. The van der Waals surface area contributed by atoms with Crippen LogP contribution in [-0.4, -0.2) is 39.6 Å². The first kappa shape index (κ1) is 20.3. The molecule has 1 aliphatic heterocycles. The third-order valence-electron chi connectivity index (χ3n) is 3.98. The maximum absolute atomic E-state index is 12.7. The van der Waals surface area contributed by atoms with E-state index in [1.54, 1.807) is 0 Å². The first-order valence-corrected chi connectivity index (χ1v) is 7.74. The van der Waals surface area contributed by atoms with E-state index >= 15 is 0 Å². The van der Waals surface area contributed by atoms with Gasteiger partial charge < -0.3 is 4.74 Å². The van der Waals surface area contributed by atoms with Crippen LogP contribution < -0.4 is 4.74 Å². The van der Waals surface area contributed by atoms with Crippen molar-refractivity contribution >= 4 is 23.3 Å². The van der Waals surface area contributed by atoms with E-state index in [4.69, 9.17) is 4.74 Å². The van der Waals surface area contributed by atoms with Gasteiger partial charge in [-0.1, -0.05) is 0 Å². The highest BCUT2D eigenvalue weighted by atomic mass is 19.4. The molecule has 11 heteroatoms. The van der Waals surface area contributed by atoms with Crippen LogP contribution in [0.5, 0.6) is 5.75 Å². The van der Waals surface area contributed by atoms with Gasteiger partial charge in [-0.05, 0) is 26.0 Å². The maximum atomic E-state index is 12.7. The second-order valence-electron chi connectivity index (χ2n) is 6.35. The third kappa shape index (κ3) is 4.41. The summed E-state index contributed by atoms with van der Waals surface area (Å²) in [6.45, 7) is 1.89. The molecule has 146 valence electrons. The number of carbonyl (C=O) groups excluding carboxylic acids is 3. The van der Waals surface area contributed by atoms with E-state index in [-0.39, 0.29) is 12.8 Å². The number of rotatable bonds is 6. The van der Waals surface area contributed by atoms with Crippen molar-refractivity contribution in [1.82, 2.24) is 4.90 Å². The summed E-state index contributed by atoms with van der Waals surface area (Å²) < 4.78 is 43.5. The molecule has 0 atom stereocenters. The van der Waals surface area contributed by atoms with Crippen LogP contribution in [0.1, 0.15) is 32.3 Å². The van der Waals surface area contributed by atoms with Gasteiger partial charge in [-0.15, -0.1) is 0 Å². The third-order valence-corrected chi connectivity index (χ3v) is 3.98. The summed E-state index contributed by atoms with van der Waals surface area (Å²) >= 11 is 0. The summed E-state index contributed by atoms with van der Waals surface area (Å²) in [5.74, 6) is -2.32. The standard InChI is InChI=1S/C16H15F3N2O6/c1-15(2,12(22)8-20-13(23)5-6-14(20)24)27-11-4-3-9(16(17,18)19)7-10(11)21(25)26/h3-4,7H,5-6,8H2,1-2H3. The van der Waals surface area contributed by atoms with Crippen molar-refractivity contribution in [2.45, 2.75) is 38.5 Å². The number of Topliss-reactive ketones (excluding diaryl/α,β-unsaturated/α-hetero) is 1. The second kappa shape index (κ2) is 6.97. The normalized spacial score (nSPS) is 15.2. The molecule has 1 saturated heterocycles. The Morgan fingerprint density at radius 1 is 1.22 bits per heavy atom. The van der Waals surface area contributed by atoms with E-state index in [0.29, 0.717) is 12.1 Å². The van der Waals surface area contributed by atoms with Gasteiger partial charge in [0.15, 0.2) is 17.1 Å². The Morgan fingerprint density at radius 3 is 2.26 bits per heavy atom. The summed E-state index contributed by atoms with van der Waals surface area (Å²) in [5.41, 5.74) is -3.92. The van der Waals surface area contributed by atoms with Gasteiger partial charge in [0.25, 0.3) is 0 Å². The summed E-state index contributed by atoms with van der Waals surface area (Å²) in [4.78, 5) is 46.4. The number of halogens is 3. The Labute approximate surface area is 151 Å². The molecule has 0 unspecified atom stereocenters. The van der Waals surface area contributed by atoms with Crippen LogP contribution in [0, 0.1) is 10.1 Å². The summed E-state index contributed by atoms with van der Waals surface area (Å²) in [5, 5.41) is 11.1. The van der Waals surface area contributed by atoms with Gasteiger partial charge in [0.05, 0.1) is 17.0 Å². The number of ether oxygens (including phenoxy) is 1. The number of carbonyl (C=O) groups is 3. The number of imide groups is 1. The fourth-order valence-corrected chi connectivity index (χ4v) is 2.39. The highest BCUT2D eigenvalue weighted by Crippen LogP contribution is 2.37. The molecule has 0 aromatic heterocycles. The predicted octanol–water partition coefficient (Wildman–Crippen LogP) is 2.49. The van der Waals surface area contributed by atoms with Crippen molar-refractivity contribution in [1.29, 1.82) is 0 Å². The van der Waals surface area contributed by atoms with Crippen LogP contribution in [0.15, 0.2) is 18.2 Å². The van der Waals surface area contributed by atoms with E-state index in [1.165, 1.54) is 13.8 Å². The molecule has 1 aliphatic rings. The molecule has 1 aromatic carbocycles. The molecule has 1 fully saturated rings. The Hall–Kier alpha value is -2.98. The molecule has 0 bridgehead atoms. The molecule has 0 spiro atoms. The van der Waals surface area contributed by atoms with Crippen LogP contribution in [0.3, 0.4) is 0 Å². The number of likely N-dealkylation sites (tertiary alicyclic amines) is 1. The number of benzene rings is 1. The van der Waals surface area contributed by atoms with Gasteiger partial charge in [-0.2, -0.15) is 13.2 Å². The molecular formula is C16H15F3N2O6. The van der Waals surface area contributed by atoms with Gasteiger partial charge in [0.1, 0.15) is 0 Å². The van der Waals surface area contributed by atoms with Crippen LogP contribution in [0.4, 0.5) is 18.9 Å². The molecular weight excluding hydrogens is 373 g/mol. The Balaban J connectivity index is 2.26. The Bertz CT molecular complexity index is 803. The van der Waals surface area contributed by atoms with E-state index < -0.39 is 57.8 Å².